The first kappa shape index (κ1) is 15.1. The molecule has 2 N–H and O–H groups in total. The summed E-state index contributed by atoms with van der Waals surface area (Å²) in [5.41, 5.74) is 10.1. The number of aromatic nitrogens is 3. The number of nitrogens with zero attached hydrogens (tertiary/aromatic N) is 3. The van der Waals surface area contributed by atoms with Gasteiger partial charge in [-0.2, -0.15) is 0 Å². The predicted octanol–water partition coefficient (Wildman–Crippen LogP) is 4.72. The Labute approximate surface area is 147 Å². The number of rotatable bonds is 3. The molecule has 0 aliphatic carbocycles. The van der Waals surface area contributed by atoms with Crippen molar-refractivity contribution in [3.8, 4) is 21.8 Å². The molecule has 0 saturated heterocycles. The van der Waals surface area contributed by atoms with Crippen molar-refractivity contribution in [3.63, 3.8) is 0 Å². The highest BCUT2D eigenvalue weighted by Crippen LogP contribution is 2.34. The number of pyridine rings is 1. The molecule has 3 heterocycles. The Bertz CT molecular complexity index is 1010. The van der Waals surface area contributed by atoms with Gasteiger partial charge in [-0.1, -0.05) is 30.3 Å². The molecule has 0 bridgehead atoms. The fourth-order valence-corrected chi connectivity index (χ4v) is 4.05. The van der Waals surface area contributed by atoms with Crippen molar-refractivity contribution < 1.29 is 0 Å². The van der Waals surface area contributed by atoms with E-state index < -0.39 is 0 Å². The van der Waals surface area contributed by atoms with Crippen LogP contribution in [0.2, 0.25) is 0 Å². The largest absolute Gasteiger partial charge is 0.368 e. The Morgan fingerprint density at radius 1 is 0.917 bits per heavy atom. The average Bonchev–Trinajstić information content (AvgIpc) is 3.10. The van der Waals surface area contributed by atoms with E-state index in [1.54, 1.807) is 23.1 Å². The lowest BCUT2D eigenvalue weighted by molar-refractivity contribution is 1.22. The maximum atomic E-state index is 5.88. The van der Waals surface area contributed by atoms with Crippen molar-refractivity contribution in [1.82, 2.24) is 15.0 Å². The molecule has 0 amide bonds. The third-order valence-corrected chi connectivity index (χ3v) is 5.83. The molecule has 24 heavy (non-hydrogen) atoms. The third kappa shape index (κ3) is 2.74. The Kier molecular flexibility index (Phi) is 3.92. The molecule has 1 aromatic carbocycles. The Morgan fingerprint density at radius 3 is 2.50 bits per heavy atom. The zero-order valence-electron chi connectivity index (χ0n) is 12.9. The Balaban J connectivity index is 1.93. The lowest BCUT2D eigenvalue weighted by atomic mass is 10.1. The van der Waals surface area contributed by atoms with Gasteiger partial charge in [-0.3, -0.25) is 0 Å². The van der Waals surface area contributed by atoms with Crippen LogP contribution < -0.4 is 5.73 Å². The van der Waals surface area contributed by atoms with Crippen LogP contribution in [0.5, 0.6) is 0 Å². The zero-order valence-corrected chi connectivity index (χ0v) is 14.6. The van der Waals surface area contributed by atoms with Gasteiger partial charge in [-0.15, -0.1) is 23.1 Å². The first-order chi connectivity index (χ1) is 11.7. The molecule has 0 spiro atoms. The van der Waals surface area contributed by atoms with E-state index in [-0.39, 0.29) is 5.95 Å². The van der Waals surface area contributed by atoms with Gasteiger partial charge in [0.25, 0.3) is 0 Å². The first-order valence-corrected chi connectivity index (χ1v) is 9.42. The number of hydrogen-bond acceptors (Lipinski definition) is 6. The molecular weight excluding hydrogens is 336 g/mol. The smallest absolute Gasteiger partial charge is 0.221 e. The highest BCUT2D eigenvalue weighted by atomic mass is 32.2. The number of nitrogen functional groups attached to an aromatic ring is 1. The SMILES string of the molecule is CSc1ccc(-c2ccc3nc(N)nc(-c4ccccc4)c3n2)s1. The summed E-state index contributed by atoms with van der Waals surface area (Å²) >= 11 is 3.47. The lowest BCUT2D eigenvalue weighted by Gasteiger charge is -2.07. The van der Waals surface area contributed by atoms with E-state index in [0.29, 0.717) is 0 Å². The van der Waals surface area contributed by atoms with Crippen LogP contribution in [0.4, 0.5) is 5.95 Å². The summed E-state index contributed by atoms with van der Waals surface area (Å²) in [6, 6.07) is 18.1. The van der Waals surface area contributed by atoms with E-state index in [4.69, 9.17) is 10.7 Å². The second-order valence-electron chi connectivity index (χ2n) is 5.18. The highest BCUT2D eigenvalue weighted by molar-refractivity contribution is 8.00. The summed E-state index contributed by atoms with van der Waals surface area (Å²) in [6.45, 7) is 0. The molecular formula is C18H14N4S2. The number of thiophene rings is 1. The van der Waals surface area contributed by atoms with Gasteiger partial charge in [0, 0.05) is 5.56 Å². The van der Waals surface area contributed by atoms with Crippen LogP contribution in [0.25, 0.3) is 32.9 Å². The molecule has 0 saturated carbocycles. The summed E-state index contributed by atoms with van der Waals surface area (Å²) in [7, 11) is 0. The van der Waals surface area contributed by atoms with Gasteiger partial charge in [0.1, 0.15) is 11.2 Å². The Hall–Kier alpha value is -2.44. The number of nitrogens with two attached hydrogens (primary N) is 1. The molecule has 4 rings (SSSR count). The van der Waals surface area contributed by atoms with Crippen molar-refractivity contribution in [2.24, 2.45) is 0 Å². The minimum Gasteiger partial charge on any atom is -0.368 e. The third-order valence-electron chi connectivity index (χ3n) is 3.64. The van der Waals surface area contributed by atoms with E-state index in [2.05, 4.69) is 28.4 Å². The summed E-state index contributed by atoms with van der Waals surface area (Å²) in [6.07, 6.45) is 2.08. The maximum Gasteiger partial charge on any atom is 0.221 e. The predicted molar refractivity (Wildman–Crippen MR) is 102 cm³/mol. The van der Waals surface area contributed by atoms with E-state index in [1.165, 1.54) is 4.21 Å². The van der Waals surface area contributed by atoms with Crippen LogP contribution in [0.3, 0.4) is 0 Å². The van der Waals surface area contributed by atoms with Gasteiger partial charge in [0.15, 0.2) is 0 Å². The van der Waals surface area contributed by atoms with Crippen molar-refractivity contribution in [2.45, 2.75) is 4.21 Å². The maximum absolute atomic E-state index is 5.88. The van der Waals surface area contributed by atoms with Crippen LogP contribution in [0.15, 0.2) is 58.8 Å². The first-order valence-electron chi connectivity index (χ1n) is 7.38. The van der Waals surface area contributed by atoms with Crippen molar-refractivity contribution in [3.05, 3.63) is 54.6 Å². The molecule has 0 fully saturated rings. The topological polar surface area (TPSA) is 64.7 Å². The van der Waals surface area contributed by atoms with Crippen LogP contribution in [-0.4, -0.2) is 21.2 Å². The minimum atomic E-state index is 0.261. The van der Waals surface area contributed by atoms with Crippen molar-refractivity contribution in [2.75, 3.05) is 12.0 Å². The molecule has 3 aromatic heterocycles. The van der Waals surface area contributed by atoms with Crippen molar-refractivity contribution >= 4 is 40.1 Å². The second kappa shape index (κ2) is 6.22. The highest BCUT2D eigenvalue weighted by Gasteiger charge is 2.12. The van der Waals surface area contributed by atoms with E-state index in [9.17, 15) is 0 Å². The van der Waals surface area contributed by atoms with Gasteiger partial charge < -0.3 is 5.73 Å². The molecule has 0 radical (unpaired) electrons. The molecule has 0 unspecified atom stereocenters. The normalized spacial score (nSPS) is 11.0. The molecule has 6 heteroatoms. The van der Waals surface area contributed by atoms with Crippen LogP contribution >= 0.6 is 23.1 Å². The zero-order chi connectivity index (χ0) is 16.5. The number of anilines is 1. The quantitative estimate of drug-likeness (QED) is 0.541. The van der Waals surface area contributed by atoms with E-state index >= 15 is 0 Å². The number of benzene rings is 1. The summed E-state index contributed by atoms with van der Waals surface area (Å²) < 4.78 is 1.27. The van der Waals surface area contributed by atoms with E-state index in [0.717, 1.165) is 32.9 Å². The number of fused-ring (bicyclic) bond motifs is 1. The van der Waals surface area contributed by atoms with Crippen LogP contribution in [0, 0.1) is 0 Å². The number of thioether (sulfide) groups is 1. The second-order valence-corrected chi connectivity index (χ2v) is 7.37. The molecule has 4 aromatic rings. The van der Waals surface area contributed by atoms with Crippen LogP contribution in [-0.2, 0) is 0 Å². The average molecular weight is 350 g/mol. The number of hydrogen-bond donors (Lipinski definition) is 1. The standard InChI is InChI=1S/C18H14N4S2/c1-23-15-10-9-14(24-15)12-7-8-13-17(20-12)16(22-18(19)21-13)11-5-3-2-4-6-11/h2-10H,1H3,(H2,19,21,22). The van der Waals surface area contributed by atoms with Gasteiger partial charge in [-0.25, -0.2) is 15.0 Å². The van der Waals surface area contributed by atoms with E-state index in [1.807, 2.05) is 42.5 Å². The molecule has 4 nitrogen and oxygen atoms in total. The molecule has 0 aliphatic heterocycles. The van der Waals surface area contributed by atoms with Crippen LogP contribution in [0.1, 0.15) is 0 Å². The van der Waals surface area contributed by atoms with Gasteiger partial charge in [-0.05, 0) is 30.5 Å². The fraction of sp³-hybridized carbons (Fsp3) is 0.0556. The summed E-state index contributed by atoms with van der Waals surface area (Å²) in [5.74, 6) is 0.261. The molecule has 118 valence electrons. The monoisotopic (exact) mass is 350 g/mol. The minimum absolute atomic E-state index is 0.261. The van der Waals surface area contributed by atoms with Gasteiger partial charge in [0.05, 0.1) is 20.3 Å². The summed E-state index contributed by atoms with van der Waals surface area (Å²) in [5, 5.41) is 0. The van der Waals surface area contributed by atoms with Gasteiger partial charge >= 0.3 is 0 Å². The Morgan fingerprint density at radius 2 is 1.75 bits per heavy atom. The lowest BCUT2D eigenvalue weighted by Crippen LogP contribution is -1.99. The molecule has 0 aliphatic rings. The molecule has 0 atom stereocenters. The van der Waals surface area contributed by atoms with Crippen molar-refractivity contribution in [1.29, 1.82) is 0 Å². The van der Waals surface area contributed by atoms with Gasteiger partial charge in [0.2, 0.25) is 5.95 Å². The summed E-state index contributed by atoms with van der Waals surface area (Å²) in [4.78, 5) is 14.7. The fourth-order valence-electron chi connectivity index (χ4n) is 2.53.